The van der Waals surface area contributed by atoms with E-state index in [0.29, 0.717) is 0 Å². The molecule has 0 spiro atoms. The van der Waals surface area contributed by atoms with Crippen molar-refractivity contribution in [3.05, 3.63) is 82.9 Å². The minimum Gasteiger partial charge on any atom is -0.506 e. The van der Waals surface area contributed by atoms with E-state index in [9.17, 15) is 23.4 Å². The number of phenols is 2. The second kappa shape index (κ2) is 7.48. The van der Waals surface area contributed by atoms with Crippen molar-refractivity contribution in [3.63, 3.8) is 0 Å². The average molecular weight is 416 g/mol. The zero-order valence-corrected chi connectivity index (χ0v) is 16.5. The molecule has 0 saturated carbocycles. The predicted molar refractivity (Wildman–Crippen MR) is 112 cm³/mol. The molecule has 3 rings (SSSR count). The topological polar surface area (TPSA) is 92.5 Å². The second-order valence-electron chi connectivity index (χ2n) is 7.57. The van der Waals surface area contributed by atoms with Gasteiger partial charge in [-0.3, -0.25) is 0 Å². The van der Waals surface area contributed by atoms with Crippen LogP contribution in [0.25, 0.3) is 0 Å². The highest BCUT2D eigenvalue weighted by Crippen LogP contribution is 2.52. The lowest BCUT2D eigenvalue weighted by Gasteiger charge is -2.38. The first-order valence-corrected chi connectivity index (χ1v) is 9.33. The Labute approximate surface area is 172 Å². The predicted octanol–water partition coefficient (Wildman–Crippen LogP) is 5.28. The highest BCUT2D eigenvalue weighted by molar-refractivity contribution is 5.64. The maximum atomic E-state index is 14.9. The molecule has 7 heteroatoms. The Morgan fingerprint density at radius 1 is 0.700 bits per heavy atom. The number of halogens is 3. The lowest BCUT2D eigenvalue weighted by atomic mass is 9.68. The minimum atomic E-state index is -4.79. The lowest BCUT2D eigenvalue weighted by Crippen LogP contribution is -2.44. The van der Waals surface area contributed by atoms with Crippen LogP contribution in [0, 0.1) is 0 Å². The van der Waals surface area contributed by atoms with Crippen LogP contribution in [-0.4, -0.2) is 16.4 Å². The Morgan fingerprint density at radius 2 is 1.10 bits per heavy atom. The van der Waals surface area contributed by atoms with Gasteiger partial charge in [0.2, 0.25) is 0 Å². The van der Waals surface area contributed by atoms with E-state index in [2.05, 4.69) is 0 Å². The Hall–Kier alpha value is -3.35. The summed E-state index contributed by atoms with van der Waals surface area (Å²) >= 11 is 0. The molecular formula is C23H23F3N2O2. The smallest absolute Gasteiger partial charge is 0.406 e. The Bertz CT molecular complexity index is 1010. The fourth-order valence-corrected chi connectivity index (χ4v) is 3.68. The van der Waals surface area contributed by atoms with Gasteiger partial charge >= 0.3 is 6.18 Å². The number of hydrogen-bond donors (Lipinski definition) is 4. The van der Waals surface area contributed by atoms with Gasteiger partial charge in [-0.2, -0.15) is 13.2 Å². The van der Waals surface area contributed by atoms with Crippen molar-refractivity contribution in [1.82, 2.24) is 0 Å². The summed E-state index contributed by atoms with van der Waals surface area (Å²) < 4.78 is 44.8. The molecule has 3 aromatic rings. The summed E-state index contributed by atoms with van der Waals surface area (Å²) in [7, 11) is 0. The highest BCUT2D eigenvalue weighted by Gasteiger charge is 2.58. The lowest BCUT2D eigenvalue weighted by molar-refractivity contribution is -0.166. The average Bonchev–Trinajstić information content (AvgIpc) is 2.67. The maximum absolute atomic E-state index is 14.9. The SMILES string of the molecule is CC(C)c1ccc(C(c2ccc(O)c(N)c2)(c2ccc(O)c(N)c2)C(F)(F)F)cc1. The normalized spacial score (nSPS) is 12.3. The van der Waals surface area contributed by atoms with Gasteiger partial charge in [-0.05, 0) is 52.4 Å². The summed E-state index contributed by atoms with van der Waals surface area (Å²) in [5.41, 5.74) is 9.05. The number of phenolic OH excluding ortho intramolecular Hbond substituents is 2. The molecule has 0 radical (unpaired) electrons. The minimum absolute atomic E-state index is 0.0328. The van der Waals surface area contributed by atoms with Crippen molar-refractivity contribution in [2.24, 2.45) is 0 Å². The molecule has 0 amide bonds. The van der Waals surface area contributed by atoms with Crippen molar-refractivity contribution < 1.29 is 23.4 Å². The molecule has 0 aliphatic carbocycles. The van der Waals surface area contributed by atoms with Crippen molar-refractivity contribution in [2.75, 3.05) is 11.5 Å². The molecule has 0 unspecified atom stereocenters. The number of anilines is 2. The number of benzene rings is 3. The number of nitrogen functional groups attached to an aromatic ring is 2. The van der Waals surface area contributed by atoms with Crippen LogP contribution < -0.4 is 11.5 Å². The summed E-state index contributed by atoms with van der Waals surface area (Å²) in [6.45, 7) is 3.90. The summed E-state index contributed by atoms with van der Waals surface area (Å²) in [6.07, 6.45) is -4.79. The third kappa shape index (κ3) is 3.40. The van der Waals surface area contributed by atoms with Gasteiger partial charge < -0.3 is 21.7 Å². The van der Waals surface area contributed by atoms with Gasteiger partial charge in [-0.25, -0.2) is 0 Å². The molecule has 0 heterocycles. The molecule has 30 heavy (non-hydrogen) atoms. The monoisotopic (exact) mass is 416 g/mol. The number of aromatic hydroxyl groups is 2. The molecule has 0 aliphatic rings. The summed E-state index contributed by atoms with van der Waals surface area (Å²) in [5.74, 6) is -0.474. The number of alkyl halides is 3. The quantitative estimate of drug-likeness (QED) is 0.264. The van der Waals surface area contributed by atoms with E-state index < -0.39 is 11.6 Å². The van der Waals surface area contributed by atoms with Crippen LogP contribution in [0.4, 0.5) is 24.5 Å². The molecular weight excluding hydrogens is 393 g/mol. The van der Waals surface area contributed by atoms with Gasteiger partial charge in [-0.1, -0.05) is 50.2 Å². The van der Waals surface area contributed by atoms with Crippen LogP contribution in [-0.2, 0) is 5.41 Å². The molecule has 3 aromatic carbocycles. The molecule has 0 atom stereocenters. The van der Waals surface area contributed by atoms with Gasteiger partial charge in [0.1, 0.15) is 16.9 Å². The van der Waals surface area contributed by atoms with E-state index in [1.807, 2.05) is 13.8 Å². The van der Waals surface area contributed by atoms with Crippen molar-refractivity contribution in [1.29, 1.82) is 0 Å². The van der Waals surface area contributed by atoms with Crippen molar-refractivity contribution in [3.8, 4) is 11.5 Å². The van der Waals surface area contributed by atoms with E-state index in [4.69, 9.17) is 11.5 Å². The van der Waals surface area contributed by atoms with E-state index in [1.165, 1.54) is 24.3 Å². The number of hydrogen-bond acceptors (Lipinski definition) is 4. The number of nitrogens with two attached hydrogens (primary N) is 2. The van der Waals surface area contributed by atoms with Gasteiger partial charge in [0.25, 0.3) is 0 Å². The second-order valence-corrected chi connectivity index (χ2v) is 7.57. The van der Waals surface area contributed by atoms with Gasteiger partial charge in [0, 0.05) is 0 Å². The number of rotatable bonds is 4. The third-order valence-corrected chi connectivity index (χ3v) is 5.36. The van der Waals surface area contributed by atoms with Crippen molar-refractivity contribution in [2.45, 2.75) is 31.4 Å². The van der Waals surface area contributed by atoms with Crippen molar-refractivity contribution >= 4 is 11.4 Å². The molecule has 4 nitrogen and oxygen atoms in total. The highest BCUT2D eigenvalue weighted by atomic mass is 19.4. The Morgan fingerprint density at radius 3 is 1.43 bits per heavy atom. The first-order valence-electron chi connectivity index (χ1n) is 9.33. The molecule has 0 aliphatic heterocycles. The summed E-state index contributed by atoms with van der Waals surface area (Å²) in [4.78, 5) is 0. The molecule has 0 fully saturated rings. The standard InChI is InChI=1S/C23H23F3N2O2/c1-13(2)14-3-5-15(6-4-14)22(23(24,25)26,16-7-9-20(29)18(27)11-16)17-8-10-21(30)19(28)12-17/h3-13,29-30H,27-28H2,1-2H3. The van der Waals surface area contributed by atoms with E-state index in [1.54, 1.807) is 12.1 Å². The van der Waals surface area contributed by atoms with Gasteiger partial charge in [-0.15, -0.1) is 0 Å². The van der Waals surface area contributed by atoms with Crippen LogP contribution in [0.1, 0.15) is 42.0 Å². The van der Waals surface area contributed by atoms with E-state index in [-0.39, 0.29) is 45.5 Å². The molecule has 0 aromatic heterocycles. The fraction of sp³-hybridized carbons (Fsp3) is 0.217. The Balaban J connectivity index is 2.43. The van der Waals surface area contributed by atoms with Crippen LogP contribution in [0.2, 0.25) is 0 Å². The van der Waals surface area contributed by atoms with Gasteiger partial charge in [0.05, 0.1) is 11.4 Å². The molecule has 0 saturated heterocycles. The van der Waals surface area contributed by atoms with Crippen LogP contribution in [0.15, 0.2) is 60.7 Å². The van der Waals surface area contributed by atoms with E-state index >= 15 is 0 Å². The summed E-state index contributed by atoms with van der Waals surface area (Å²) in [5, 5.41) is 19.5. The Kier molecular flexibility index (Phi) is 5.33. The first-order chi connectivity index (χ1) is 14.0. The molecule has 158 valence electrons. The van der Waals surface area contributed by atoms with Crippen LogP contribution in [0.3, 0.4) is 0 Å². The van der Waals surface area contributed by atoms with Gasteiger partial charge in [0.15, 0.2) is 0 Å². The zero-order valence-electron chi connectivity index (χ0n) is 16.5. The largest absolute Gasteiger partial charge is 0.506 e. The molecule has 6 N–H and O–H groups in total. The van der Waals surface area contributed by atoms with Crippen LogP contribution >= 0.6 is 0 Å². The fourth-order valence-electron chi connectivity index (χ4n) is 3.68. The summed E-state index contributed by atoms with van der Waals surface area (Å²) in [6, 6.07) is 13.1. The third-order valence-electron chi connectivity index (χ3n) is 5.36. The first kappa shape index (κ1) is 21.4. The zero-order chi connectivity index (χ0) is 22.3. The molecule has 0 bridgehead atoms. The van der Waals surface area contributed by atoms with Crippen LogP contribution in [0.5, 0.6) is 11.5 Å². The van der Waals surface area contributed by atoms with E-state index in [0.717, 1.165) is 29.8 Å². The maximum Gasteiger partial charge on any atom is 0.406 e.